The van der Waals surface area contributed by atoms with E-state index in [4.69, 9.17) is 0 Å². The summed E-state index contributed by atoms with van der Waals surface area (Å²) >= 11 is 1.91. The number of hydrogen-bond acceptors (Lipinski definition) is 1. The quantitative estimate of drug-likeness (QED) is 0.449. The molecule has 0 fully saturated rings. The van der Waals surface area contributed by atoms with E-state index < -0.39 is 0 Å². The Bertz CT molecular complexity index is 49.0. The third-order valence-corrected chi connectivity index (χ3v) is 1.73. The predicted molar refractivity (Wildman–Crippen MR) is 30.8 cm³/mol. The summed E-state index contributed by atoms with van der Waals surface area (Å²) in [5.41, 5.74) is 0. The molecule has 0 spiro atoms. The van der Waals surface area contributed by atoms with E-state index in [-0.39, 0.29) is 0 Å². The third kappa shape index (κ3) is 1.05. The van der Waals surface area contributed by atoms with Gasteiger partial charge in [-0.05, 0) is 24.0 Å². The summed E-state index contributed by atoms with van der Waals surface area (Å²) in [5.74, 6) is 1.33. The van der Waals surface area contributed by atoms with Gasteiger partial charge in [-0.25, -0.2) is 0 Å². The topological polar surface area (TPSA) is 0 Å². The van der Waals surface area contributed by atoms with E-state index in [0.717, 1.165) is 0 Å². The number of thioether (sulfide) groups is 1. The van der Waals surface area contributed by atoms with Crippen molar-refractivity contribution in [2.24, 2.45) is 0 Å². The highest BCUT2D eigenvalue weighted by Gasteiger charge is 1.87. The van der Waals surface area contributed by atoms with Crippen molar-refractivity contribution in [1.82, 2.24) is 0 Å². The van der Waals surface area contributed by atoms with Gasteiger partial charge in [-0.2, -0.15) is 0 Å². The summed E-state index contributed by atoms with van der Waals surface area (Å²) in [6.45, 7) is 0. The normalized spacial score (nSPS) is 21.3. The Morgan fingerprint density at radius 3 is 2.67 bits per heavy atom. The molecule has 0 atom stereocenters. The van der Waals surface area contributed by atoms with Crippen LogP contribution < -0.4 is 0 Å². The molecule has 0 N–H and O–H groups in total. The van der Waals surface area contributed by atoms with Crippen LogP contribution in [0.25, 0.3) is 0 Å². The molecule has 0 aliphatic carbocycles. The largest absolute Gasteiger partial charge is 0.134 e. The molecule has 0 aromatic rings. The van der Waals surface area contributed by atoms with Crippen LogP contribution in [0.2, 0.25) is 0 Å². The molecule has 0 aromatic carbocycles. The molecule has 1 rings (SSSR count). The van der Waals surface area contributed by atoms with Gasteiger partial charge in [-0.3, -0.25) is 0 Å². The highest BCUT2D eigenvalue weighted by atomic mass is 32.2. The zero-order valence-corrected chi connectivity index (χ0v) is 4.50. The Balaban J connectivity index is 2.26. The lowest BCUT2D eigenvalue weighted by Gasteiger charge is -1.97. The summed E-state index contributed by atoms with van der Waals surface area (Å²) in [4.78, 5) is 0. The molecular weight excluding hydrogens is 92.1 g/mol. The van der Waals surface area contributed by atoms with Crippen LogP contribution >= 0.6 is 11.8 Å². The van der Waals surface area contributed by atoms with E-state index in [0.29, 0.717) is 0 Å². The van der Waals surface area contributed by atoms with Crippen molar-refractivity contribution in [2.45, 2.75) is 12.8 Å². The molecule has 0 bridgehead atoms. The molecule has 0 aromatic heterocycles. The Labute approximate surface area is 42.6 Å². The van der Waals surface area contributed by atoms with Crippen molar-refractivity contribution < 1.29 is 0 Å². The molecule has 0 unspecified atom stereocenters. The molecule has 34 valence electrons. The minimum atomic E-state index is 1.30. The monoisotopic (exact) mass is 100 g/mol. The summed E-state index contributed by atoms with van der Waals surface area (Å²) in [5, 5.41) is 2.18. The fourth-order valence-corrected chi connectivity index (χ4v) is 1.23. The van der Waals surface area contributed by atoms with Gasteiger partial charge in [0.05, 0.1) is 0 Å². The smallest absolute Gasteiger partial charge is 0.00231 e. The number of hydrogen-bond donors (Lipinski definition) is 0. The second-order valence-electron chi connectivity index (χ2n) is 1.38. The van der Waals surface area contributed by atoms with Gasteiger partial charge in [0.15, 0.2) is 0 Å². The standard InChI is InChI=1S/C5H8S/c1-2-4-6-5-3-1/h2,4H,1,3,5H2. The first-order valence-electron chi connectivity index (χ1n) is 2.27. The molecule has 0 saturated carbocycles. The van der Waals surface area contributed by atoms with Crippen LogP contribution in [0, 0.1) is 0 Å². The zero-order chi connectivity index (χ0) is 4.24. The van der Waals surface area contributed by atoms with Gasteiger partial charge in [-0.1, -0.05) is 6.08 Å². The van der Waals surface area contributed by atoms with Crippen molar-refractivity contribution in [3.63, 3.8) is 0 Å². The van der Waals surface area contributed by atoms with Gasteiger partial charge < -0.3 is 0 Å². The molecule has 1 aliphatic heterocycles. The minimum Gasteiger partial charge on any atom is -0.134 e. The lowest BCUT2D eigenvalue weighted by Crippen LogP contribution is -1.78. The van der Waals surface area contributed by atoms with Crippen LogP contribution in [0.4, 0.5) is 0 Å². The molecule has 6 heavy (non-hydrogen) atoms. The maximum Gasteiger partial charge on any atom is -0.00231 e. The van der Waals surface area contributed by atoms with E-state index in [2.05, 4.69) is 11.5 Å². The van der Waals surface area contributed by atoms with E-state index in [9.17, 15) is 0 Å². The van der Waals surface area contributed by atoms with E-state index in [1.165, 1.54) is 18.6 Å². The molecule has 0 amide bonds. The van der Waals surface area contributed by atoms with Gasteiger partial charge in [0.1, 0.15) is 0 Å². The lowest BCUT2D eigenvalue weighted by atomic mass is 10.3. The second-order valence-corrected chi connectivity index (χ2v) is 2.40. The molecule has 0 radical (unpaired) electrons. The number of rotatable bonds is 0. The first-order valence-corrected chi connectivity index (χ1v) is 3.31. The molecular formula is C5H8S. The first-order chi connectivity index (χ1) is 3.00. The Kier molecular flexibility index (Phi) is 1.63. The van der Waals surface area contributed by atoms with Crippen molar-refractivity contribution in [3.8, 4) is 0 Å². The highest BCUT2D eigenvalue weighted by Crippen LogP contribution is 2.12. The fraction of sp³-hybridized carbons (Fsp3) is 0.600. The Hall–Kier alpha value is 0.0900. The van der Waals surface area contributed by atoms with Crippen LogP contribution in [0.5, 0.6) is 0 Å². The van der Waals surface area contributed by atoms with Crippen LogP contribution in [0.3, 0.4) is 0 Å². The Morgan fingerprint density at radius 1 is 1.50 bits per heavy atom. The van der Waals surface area contributed by atoms with E-state index >= 15 is 0 Å². The van der Waals surface area contributed by atoms with Crippen molar-refractivity contribution in [1.29, 1.82) is 0 Å². The summed E-state index contributed by atoms with van der Waals surface area (Å²) in [6, 6.07) is 0. The van der Waals surface area contributed by atoms with Gasteiger partial charge in [-0.15, -0.1) is 11.8 Å². The fourth-order valence-electron chi connectivity index (χ4n) is 0.489. The average Bonchev–Trinajstić information content (AvgIpc) is 1.72. The predicted octanol–water partition coefficient (Wildman–Crippen LogP) is 2.03. The van der Waals surface area contributed by atoms with Gasteiger partial charge >= 0.3 is 0 Å². The van der Waals surface area contributed by atoms with Gasteiger partial charge in [0.2, 0.25) is 0 Å². The maximum atomic E-state index is 2.23. The first kappa shape index (κ1) is 4.25. The van der Waals surface area contributed by atoms with E-state index in [1.807, 2.05) is 11.8 Å². The van der Waals surface area contributed by atoms with Crippen molar-refractivity contribution >= 4 is 11.8 Å². The summed E-state index contributed by atoms with van der Waals surface area (Å²) in [7, 11) is 0. The zero-order valence-electron chi connectivity index (χ0n) is 3.68. The van der Waals surface area contributed by atoms with Crippen LogP contribution in [-0.4, -0.2) is 5.75 Å². The van der Waals surface area contributed by atoms with Gasteiger partial charge in [0.25, 0.3) is 0 Å². The van der Waals surface area contributed by atoms with Gasteiger partial charge in [0, 0.05) is 0 Å². The summed E-state index contributed by atoms with van der Waals surface area (Å²) in [6.07, 6.45) is 4.91. The van der Waals surface area contributed by atoms with Crippen molar-refractivity contribution in [2.75, 3.05) is 5.75 Å². The average molecular weight is 100 g/mol. The molecule has 1 heteroatoms. The molecule has 0 saturated heterocycles. The van der Waals surface area contributed by atoms with E-state index in [1.54, 1.807) is 0 Å². The maximum absolute atomic E-state index is 2.23. The molecule has 1 heterocycles. The van der Waals surface area contributed by atoms with Crippen molar-refractivity contribution in [3.05, 3.63) is 11.5 Å². The SMILES string of the molecule is C1=CSCCC1. The second kappa shape index (κ2) is 2.30. The Morgan fingerprint density at radius 2 is 2.50 bits per heavy atom. The number of allylic oxidation sites excluding steroid dienone is 1. The summed E-state index contributed by atoms with van der Waals surface area (Å²) < 4.78 is 0. The van der Waals surface area contributed by atoms with Crippen LogP contribution in [0.15, 0.2) is 11.5 Å². The molecule has 0 nitrogen and oxygen atoms in total. The third-order valence-electron chi connectivity index (χ3n) is 0.825. The highest BCUT2D eigenvalue weighted by molar-refractivity contribution is 8.02. The lowest BCUT2D eigenvalue weighted by molar-refractivity contribution is 0.966. The van der Waals surface area contributed by atoms with Crippen LogP contribution in [0.1, 0.15) is 12.8 Å². The molecule has 1 aliphatic rings. The minimum absolute atomic E-state index is 1.30. The van der Waals surface area contributed by atoms with Crippen LogP contribution in [-0.2, 0) is 0 Å².